The van der Waals surface area contributed by atoms with E-state index in [0.29, 0.717) is 12.2 Å². The first-order chi connectivity index (χ1) is 13.1. The lowest BCUT2D eigenvalue weighted by Gasteiger charge is -2.08. The van der Waals surface area contributed by atoms with Gasteiger partial charge in [-0.05, 0) is 30.2 Å². The molecule has 0 aliphatic rings. The molecule has 0 fully saturated rings. The van der Waals surface area contributed by atoms with Crippen molar-refractivity contribution in [1.82, 2.24) is 10.3 Å². The fourth-order valence-electron chi connectivity index (χ4n) is 2.29. The van der Waals surface area contributed by atoms with Gasteiger partial charge in [0.2, 0.25) is 5.76 Å². The predicted molar refractivity (Wildman–Crippen MR) is 103 cm³/mol. The van der Waals surface area contributed by atoms with Crippen molar-refractivity contribution >= 4 is 17.7 Å². The summed E-state index contributed by atoms with van der Waals surface area (Å²) in [5.74, 6) is -0.181. The van der Waals surface area contributed by atoms with Crippen LogP contribution in [-0.4, -0.2) is 17.0 Å². The molecule has 0 radical (unpaired) electrons. The zero-order valence-electron chi connectivity index (χ0n) is 14.8. The lowest BCUT2D eigenvalue weighted by atomic mass is 10.2. The second-order valence-electron chi connectivity index (χ2n) is 5.93. The molecule has 142 valence electrons. The first-order valence-corrected chi connectivity index (χ1v) is 8.35. The van der Waals surface area contributed by atoms with Crippen molar-refractivity contribution < 1.29 is 21.6 Å². The zero-order valence-corrected chi connectivity index (χ0v) is 14.8. The van der Waals surface area contributed by atoms with Gasteiger partial charge in [-0.15, -0.1) is 0 Å². The highest BCUT2D eigenvalue weighted by molar-refractivity contribution is 5.91. The molecule has 0 spiro atoms. The maximum absolute atomic E-state index is 11.9. The molecule has 0 aliphatic heterocycles. The minimum atomic E-state index is -0.526. The Bertz CT molecular complexity index is 898. The number of benzene rings is 2. The average molecular weight is 369 g/mol. The van der Waals surface area contributed by atoms with E-state index in [1.54, 1.807) is 24.3 Å². The van der Waals surface area contributed by atoms with E-state index in [1.165, 1.54) is 12.6 Å². The van der Waals surface area contributed by atoms with Crippen LogP contribution >= 0.6 is 0 Å². The number of nitrogens with zero attached hydrogens (tertiary/aromatic N) is 1. The number of hydrogen-bond acceptors (Lipinski definition) is 5. The topological polar surface area (TPSA) is 93.5 Å². The minimum Gasteiger partial charge on any atom is -0.444 e. The number of carbonyl (C=O) groups is 2. The van der Waals surface area contributed by atoms with Gasteiger partial charge in [-0.2, -0.15) is 0 Å². The van der Waals surface area contributed by atoms with E-state index >= 15 is 0 Å². The molecule has 0 atom stereocenters. The molecule has 2 amide bonds. The highest BCUT2D eigenvalue weighted by Crippen LogP contribution is 2.11. The molecule has 27 heavy (non-hydrogen) atoms. The molecule has 7 heteroatoms. The maximum atomic E-state index is 11.9. The molecule has 7 nitrogen and oxygen atoms in total. The Morgan fingerprint density at radius 2 is 1.78 bits per heavy atom. The standard InChI is InChI=1S/C20H19N3O4.2H2/c1-14-2-4-16(5-3-14)12-26-20(25)23-17-8-6-15(7-9-17)10-22-19(24)18-11-21-13-27-18;;/h2-9,11,13H,10,12H2,1H3,(H,22,24)(H,23,25);2*1H. The Labute approximate surface area is 159 Å². The number of aryl methyl sites for hydroxylation is 1. The molecule has 0 saturated heterocycles. The third kappa shape index (κ3) is 5.43. The van der Waals surface area contributed by atoms with E-state index in [1.807, 2.05) is 31.2 Å². The van der Waals surface area contributed by atoms with Crippen molar-refractivity contribution in [1.29, 1.82) is 0 Å². The predicted octanol–water partition coefficient (Wildman–Crippen LogP) is 4.15. The SMILES string of the molecule is Cc1ccc(COC(=O)Nc2ccc(CNC(=O)c3cnco3)cc2)cc1.[HH].[HH]. The van der Waals surface area contributed by atoms with Gasteiger partial charge in [-0.25, -0.2) is 9.78 Å². The summed E-state index contributed by atoms with van der Waals surface area (Å²) in [6.07, 6.45) is 2.03. The van der Waals surface area contributed by atoms with Gasteiger partial charge in [0.25, 0.3) is 5.91 Å². The number of oxazole rings is 1. The zero-order chi connectivity index (χ0) is 19.1. The van der Waals surface area contributed by atoms with Gasteiger partial charge < -0.3 is 14.5 Å². The second-order valence-corrected chi connectivity index (χ2v) is 5.93. The van der Waals surface area contributed by atoms with Gasteiger partial charge in [-0.1, -0.05) is 42.0 Å². The molecule has 0 saturated carbocycles. The molecule has 1 heterocycles. The Kier molecular flexibility index (Phi) is 5.84. The summed E-state index contributed by atoms with van der Waals surface area (Å²) in [7, 11) is 0. The van der Waals surface area contributed by atoms with Crippen molar-refractivity contribution in [2.45, 2.75) is 20.1 Å². The Balaban J connectivity index is 0.00000210. The smallest absolute Gasteiger partial charge is 0.411 e. The van der Waals surface area contributed by atoms with Gasteiger partial charge in [0.15, 0.2) is 6.39 Å². The van der Waals surface area contributed by atoms with Gasteiger partial charge in [0.1, 0.15) is 6.61 Å². The summed E-state index contributed by atoms with van der Waals surface area (Å²) in [5, 5.41) is 5.39. The van der Waals surface area contributed by atoms with Crippen LogP contribution in [0.1, 0.15) is 30.1 Å². The molecular weight excluding hydrogens is 346 g/mol. The third-order valence-corrected chi connectivity index (χ3v) is 3.80. The first-order valence-electron chi connectivity index (χ1n) is 8.35. The molecule has 3 rings (SSSR count). The van der Waals surface area contributed by atoms with Crippen LogP contribution in [0.15, 0.2) is 65.5 Å². The van der Waals surface area contributed by atoms with E-state index in [4.69, 9.17) is 9.15 Å². The minimum absolute atomic E-state index is 0. The molecular formula is C20H23N3O4. The van der Waals surface area contributed by atoms with Gasteiger partial charge in [0.05, 0.1) is 6.20 Å². The highest BCUT2D eigenvalue weighted by atomic mass is 16.5. The molecule has 0 bridgehead atoms. The first kappa shape index (κ1) is 18.2. The summed E-state index contributed by atoms with van der Waals surface area (Å²) in [4.78, 5) is 27.4. The number of ether oxygens (including phenoxy) is 1. The number of aromatic nitrogens is 1. The molecule has 0 unspecified atom stereocenters. The Morgan fingerprint density at radius 1 is 1.07 bits per heavy atom. The number of rotatable bonds is 6. The van der Waals surface area contributed by atoms with Crippen LogP contribution in [0.25, 0.3) is 0 Å². The largest absolute Gasteiger partial charge is 0.444 e. The lowest BCUT2D eigenvalue weighted by Crippen LogP contribution is -2.22. The fourth-order valence-corrected chi connectivity index (χ4v) is 2.29. The van der Waals surface area contributed by atoms with Crippen LogP contribution in [0.3, 0.4) is 0 Å². The van der Waals surface area contributed by atoms with Gasteiger partial charge in [-0.3, -0.25) is 10.1 Å². The Hall–Kier alpha value is -3.61. The van der Waals surface area contributed by atoms with Crippen LogP contribution in [-0.2, 0) is 17.9 Å². The average Bonchev–Trinajstić information content (AvgIpc) is 3.22. The summed E-state index contributed by atoms with van der Waals surface area (Å²) in [6, 6.07) is 14.9. The normalized spacial score (nSPS) is 10.3. The number of carbonyl (C=O) groups excluding carboxylic acids is 2. The molecule has 0 aliphatic carbocycles. The van der Waals surface area contributed by atoms with Gasteiger partial charge >= 0.3 is 6.09 Å². The van der Waals surface area contributed by atoms with Crippen molar-refractivity contribution in [3.05, 3.63) is 83.6 Å². The van der Waals surface area contributed by atoms with E-state index in [-0.39, 0.29) is 21.1 Å². The van der Waals surface area contributed by atoms with Crippen molar-refractivity contribution in [2.24, 2.45) is 0 Å². The molecule has 1 aromatic heterocycles. The van der Waals surface area contributed by atoms with Gasteiger partial charge in [0, 0.05) is 15.1 Å². The van der Waals surface area contributed by atoms with E-state index in [9.17, 15) is 9.59 Å². The van der Waals surface area contributed by atoms with E-state index in [2.05, 4.69) is 15.6 Å². The highest BCUT2D eigenvalue weighted by Gasteiger charge is 2.09. The van der Waals surface area contributed by atoms with Crippen molar-refractivity contribution in [2.75, 3.05) is 5.32 Å². The quantitative estimate of drug-likeness (QED) is 0.681. The van der Waals surface area contributed by atoms with Crippen LogP contribution in [0.2, 0.25) is 0 Å². The molecule has 3 aromatic rings. The number of anilines is 1. The van der Waals surface area contributed by atoms with E-state index < -0.39 is 6.09 Å². The number of nitrogens with one attached hydrogen (secondary N) is 2. The summed E-state index contributed by atoms with van der Waals surface area (Å²) < 4.78 is 10.1. The number of hydrogen-bond donors (Lipinski definition) is 2. The van der Waals surface area contributed by atoms with Crippen molar-refractivity contribution in [3.8, 4) is 0 Å². The summed E-state index contributed by atoms with van der Waals surface area (Å²) in [6.45, 7) is 2.54. The van der Waals surface area contributed by atoms with Crippen molar-refractivity contribution in [3.63, 3.8) is 0 Å². The van der Waals surface area contributed by atoms with Crippen LogP contribution < -0.4 is 10.6 Å². The van der Waals surface area contributed by atoms with Crippen LogP contribution in [0.5, 0.6) is 0 Å². The molecule has 2 N–H and O–H groups in total. The summed E-state index contributed by atoms with van der Waals surface area (Å²) >= 11 is 0. The Morgan fingerprint density at radius 3 is 2.44 bits per heavy atom. The monoisotopic (exact) mass is 369 g/mol. The van der Waals surface area contributed by atoms with E-state index in [0.717, 1.165) is 16.7 Å². The fraction of sp³-hybridized carbons (Fsp3) is 0.150. The second kappa shape index (κ2) is 8.66. The van der Waals surface area contributed by atoms with Crippen LogP contribution in [0.4, 0.5) is 10.5 Å². The lowest BCUT2D eigenvalue weighted by molar-refractivity contribution is 0.0923. The third-order valence-electron chi connectivity index (χ3n) is 3.80. The molecule has 2 aromatic carbocycles. The van der Waals surface area contributed by atoms with Crippen LogP contribution in [0, 0.1) is 6.92 Å². The number of amides is 2. The summed E-state index contributed by atoms with van der Waals surface area (Å²) in [5.41, 5.74) is 3.56. The maximum Gasteiger partial charge on any atom is 0.411 e.